The largest absolute Gasteiger partial charge is 0.315 e. The van der Waals surface area contributed by atoms with E-state index in [1.165, 1.54) is 0 Å². The molecule has 1 saturated carbocycles. The van der Waals surface area contributed by atoms with Crippen LogP contribution in [0.1, 0.15) is 25.7 Å². The summed E-state index contributed by atoms with van der Waals surface area (Å²) in [6, 6.07) is 9.82. The van der Waals surface area contributed by atoms with Gasteiger partial charge in [0.05, 0.1) is 6.07 Å². The van der Waals surface area contributed by atoms with Crippen LogP contribution in [0.25, 0.3) is 0 Å². The van der Waals surface area contributed by atoms with E-state index < -0.39 is 5.54 Å². The lowest BCUT2D eigenvalue weighted by Crippen LogP contribution is -2.45. The third-order valence-electron chi connectivity index (χ3n) is 3.98. The molecule has 0 spiro atoms. The third kappa shape index (κ3) is 3.20. The molecule has 0 aliphatic heterocycles. The fourth-order valence-corrected chi connectivity index (χ4v) is 2.96. The average molecular weight is 336 g/mol. The van der Waals surface area contributed by atoms with Gasteiger partial charge in [0.2, 0.25) is 5.91 Å². The second-order valence-corrected chi connectivity index (χ2v) is 6.34. The van der Waals surface area contributed by atoms with Crippen LogP contribution < -0.4 is 10.6 Å². The molecule has 0 atom stereocenters. The molecular weight excluding hydrogens is 318 g/mol. The first-order chi connectivity index (χ1) is 9.45. The molecule has 0 radical (unpaired) electrons. The van der Waals surface area contributed by atoms with Gasteiger partial charge in [-0.25, -0.2) is 0 Å². The van der Waals surface area contributed by atoms with Gasteiger partial charge < -0.3 is 10.6 Å². The number of halogens is 1. The topological polar surface area (TPSA) is 70.1 Å². The Kier molecular flexibility index (Phi) is 4.46. The molecule has 0 aromatic heterocycles. The molecule has 1 fully saturated rings. The van der Waals surface area contributed by atoms with Crippen LogP contribution >= 0.6 is 15.9 Å². The Hall–Kier alpha value is -1.38. The summed E-state index contributed by atoms with van der Waals surface area (Å²) in [7, 11) is 1.79. The van der Waals surface area contributed by atoms with Crippen LogP contribution in [-0.2, 0) is 4.79 Å². The molecule has 1 aromatic carbocycles. The molecule has 106 valence electrons. The fraction of sp³-hybridized carbons (Fsp3) is 0.467. The Bertz CT molecular complexity index is 544. The number of carbonyl (C=O) groups is 1. The number of carbonyl (C=O) groups excluding carboxylic acids is 1. The summed E-state index contributed by atoms with van der Waals surface area (Å²) in [5.41, 5.74) is 6.06. The van der Waals surface area contributed by atoms with E-state index in [-0.39, 0.29) is 11.8 Å². The van der Waals surface area contributed by atoms with Crippen molar-refractivity contribution in [2.45, 2.75) is 31.2 Å². The van der Waals surface area contributed by atoms with Gasteiger partial charge in [0.1, 0.15) is 5.54 Å². The van der Waals surface area contributed by atoms with Crippen molar-refractivity contribution in [1.29, 1.82) is 5.26 Å². The van der Waals surface area contributed by atoms with Crippen molar-refractivity contribution in [3.63, 3.8) is 0 Å². The van der Waals surface area contributed by atoms with Gasteiger partial charge in [0.25, 0.3) is 0 Å². The van der Waals surface area contributed by atoms with E-state index in [9.17, 15) is 4.79 Å². The fourth-order valence-electron chi connectivity index (χ4n) is 2.58. The molecule has 0 bridgehead atoms. The second-order valence-electron chi connectivity index (χ2n) is 5.42. The Labute approximate surface area is 127 Å². The van der Waals surface area contributed by atoms with Crippen molar-refractivity contribution in [2.24, 2.45) is 11.7 Å². The van der Waals surface area contributed by atoms with Crippen LogP contribution in [0.3, 0.4) is 0 Å². The van der Waals surface area contributed by atoms with Crippen LogP contribution in [0, 0.1) is 17.2 Å². The van der Waals surface area contributed by atoms with Gasteiger partial charge in [-0.1, -0.05) is 22.0 Å². The normalized spacial score (nSPS) is 25.8. The molecule has 5 heteroatoms. The summed E-state index contributed by atoms with van der Waals surface area (Å²) < 4.78 is 0.948. The monoisotopic (exact) mass is 335 g/mol. The summed E-state index contributed by atoms with van der Waals surface area (Å²) in [5.74, 6) is 0.0621. The zero-order valence-corrected chi connectivity index (χ0v) is 13.1. The van der Waals surface area contributed by atoms with Gasteiger partial charge >= 0.3 is 0 Å². The van der Waals surface area contributed by atoms with Crippen molar-refractivity contribution in [3.8, 4) is 6.07 Å². The molecule has 20 heavy (non-hydrogen) atoms. The third-order valence-corrected chi connectivity index (χ3v) is 4.47. The number of anilines is 1. The molecular formula is C15H18BrN3O. The van der Waals surface area contributed by atoms with Crippen LogP contribution in [0.2, 0.25) is 0 Å². The van der Waals surface area contributed by atoms with Crippen molar-refractivity contribution >= 4 is 27.5 Å². The van der Waals surface area contributed by atoms with Gasteiger partial charge in [0, 0.05) is 23.1 Å². The number of hydrogen-bond acceptors (Lipinski definition) is 3. The SMILES string of the molecule is CN(C(=O)C1CCC(N)(C#N)CC1)c1cccc(Br)c1. The highest BCUT2D eigenvalue weighted by Gasteiger charge is 2.35. The standard InChI is InChI=1S/C15H18BrN3O/c1-19(13-4-2-3-12(16)9-13)14(20)11-5-7-15(18,10-17)8-6-11/h2-4,9,11H,5-8,18H2,1H3. The molecule has 2 N–H and O–H groups in total. The summed E-state index contributed by atoms with van der Waals surface area (Å²) in [5, 5.41) is 9.02. The van der Waals surface area contributed by atoms with Crippen LogP contribution in [-0.4, -0.2) is 18.5 Å². The zero-order chi connectivity index (χ0) is 14.8. The maximum atomic E-state index is 12.5. The summed E-state index contributed by atoms with van der Waals surface area (Å²) >= 11 is 3.41. The molecule has 0 saturated heterocycles. The summed E-state index contributed by atoms with van der Waals surface area (Å²) in [4.78, 5) is 14.2. The average Bonchev–Trinajstić information content (AvgIpc) is 2.46. The number of nitrogens with zero attached hydrogens (tertiary/aromatic N) is 2. The van der Waals surface area contributed by atoms with E-state index in [1.807, 2.05) is 24.3 Å². The number of nitrogens with two attached hydrogens (primary N) is 1. The molecule has 2 rings (SSSR count). The summed E-state index contributed by atoms with van der Waals surface area (Å²) in [6.45, 7) is 0. The van der Waals surface area contributed by atoms with E-state index in [1.54, 1.807) is 11.9 Å². The van der Waals surface area contributed by atoms with Crippen LogP contribution in [0.4, 0.5) is 5.69 Å². The first-order valence-corrected chi connectivity index (χ1v) is 7.48. The van der Waals surface area contributed by atoms with E-state index in [4.69, 9.17) is 11.0 Å². The lowest BCUT2D eigenvalue weighted by atomic mass is 9.77. The summed E-state index contributed by atoms with van der Waals surface area (Å²) in [6.07, 6.45) is 2.54. The zero-order valence-electron chi connectivity index (χ0n) is 11.5. The molecule has 1 aliphatic rings. The predicted octanol–water partition coefficient (Wildman–Crippen LogP) is 2.82. The number of nitriles is 1. The number of hydrogen-bond donors (Lipinski definition) is 1. The van der Waals surface area contributed by atoms with Crippen molar-refractivity contribution < 1.29 is 4.79 Å². The Morgan fingerprint density at radius 1 is 1.50 bits per heavy atom. The first kappa shape index (κ1) is 15.0. The van der Waals surface area contributed by atoms with E-state index >= 15 is 0 Å². The number of amides is 1. The number of benzene rings is 1. The second kappa shape index (κ2) is 5.94. The van der Waals surface area contributed by atoms with Gasteiger partial charge in [-0.15, -0.1) is 0 Å². The van der Waals surface area contributed by atoms with Gasteiger partial charge in [-0.3, -0.25) is 4.79 Å². The van der Waals surface area contributed by atoms with Crippen molar-refractivity contribution in [3.05, 3.63) is 28.7 Å². The first-order valence-electron chi connectivity index (χ1n) is 6.68. The highest BCUT2D eigenvalue weighted by Crippen LogP contribution is 2.32. The van der Waals surface area contributed by atoms with E-state index in [0.717, 1.165) is 10.2 Å². The van der Waals surface area contributed by atoms with Gasteiger partial charge in [-0.2, -0.15) is 5.26 Å². The molecule has 1 aliphatic carbocycles. The van der Waals surface area contributed by atoms with Gasteiger partial charge in [-0.05, 0) is 43.9 Å². The smallest absolute Gasteiger partial charge is 0.229 e. The maximum Gasteiger partial charge on any atom is 0.229 e. The van der Waals surface area contributed by atoms with Crippen LogP contribution in [0.15, 0.2) is 28.7 Å². The Morgan fingerprint density at radius 3 is 2.70 bits per heavy atom. The number of rotatable bonds is 2. The molecule has 1 amide bonds. The van der Waals surface area contributed by atoms with E-state index in [0.29, 0.717) is 25.7 Å². The molecule has 0 heterocycles. The molecule has 1 aromatic rings. The lowest BCUT2D eigenvalue weighted by Gasteiger charge is -2.33. The highest BCUT2D eigenvalue weighted by molar-refractivity contribution is 9.10. The Balaban J connectivity index is 2.04. The minimum Gasteiger partial charge on any atom is -0.315 e. The molecule has 4 nitrogen and oxygen atoms in total. The quantitative estimate of drug-likeness (QED) is 0.903. The van der Waals surface area contributed by atoms with Crippen molar-refractivity contribution in [2.75, 3.05) is 11.9 Å². The maximum absolute atomic E-state index is 12.5. The predicted molar refractivity (Wildman–Crippen MR) is 82.0 cm³/mol. The molecule has 0 unspecified atom stereocenters. The van der Waals surface area contributed by atoms with Crippen LogP contribution in [0.5, 0.6) is 0 Å². The highest BCUT2D eigenvalue weighted by atomic mass is 79.9. The lowest BCUT2D eigenvalue weighted by molar-refractivity contribution is -0.123. The Morgan fingerprint density at radius 2 is 2.15 bits per heavy atom. The minimum atomic E-state index is -0.745. The van der Waals surface area contributed by atoms with Crippen molar-refractivity contribution in [1.82, 2.24) is 0 Å². The van der Waals surface area contributed by atoms with Gasteiger partial charge in [0.15, 0.2) is 0 Å². The van der Waals surface area contributed by atoms with E-state index in [2.05, 4.69) is 22.0 Å². The minimum absolute atomic E-state index is 0.0380.